The molecule has 9 heteroatoms. The molecule has 0 aromatic carbocycles. The second-order valence-electron chi connectivity index (χ2n) is 2.60. The molecule has 0 saturated heterocycles. The van der Waals surface area contributed by atoms with Crippen molar-refractivity contribution in [1.82, 2.24) is 0 Å². The van der Waals surface area contributed by atoms with Gasteiger partial charge >= 0.3 is 12.1 Å². The number of carbonyl (C=O) groups is 2. The van der Waals surface area contributed by atoms with Gasteiger partial charge in [-0.25, -0.2) is 0 Å². The van der Waals surface area contributed by atoms with Crippen molar-refractivity contribution in [2.45, 2.75) is 25.9 Å². The summed E-state index contributed by atoms with van der Waals surface area (Å²) in [6, 6.07) is 0. The number of halogens is 3. The van der Waals surface area contributed by atoms with Crippen LogP contribution < -0.4 is 0 Å². The van der Waals surface area contributed by atoms with Gasteiger partial charge in [0.25, 0.3) is 5.78 Å². The van der Waals surface area contributed by atoms with Crippen molar-refractivity contribution in [2.75, 3.05) is 6.61 Å². The fourth-order valence-electron chi connectivity index (χ4n) is 0.741. The zero-order valence-corrected chi connectivity index (χ0v) is 9.46. The number of rotatable bonds is 5. The number of carbonyl (C=O) groups excluding carboxylic acids is 2. The fourth-order valence-corrected chi connectivity index (χ4v) is 1.82. The molecule has 5 nitrogen and oxygen atoms in total. The Morgan fingerprint density at radius 3 is 2.19 bits per heavy atom. The summed E-state index contributed by atoms with van der Waals surface area (Å²) in [5.41, 5.74) is 0. The van der Waals surface area contributed by atoms with E-state index in [-0.39, 0.29) is 6.61 Å². The van der Waals surface area contributed by atoms with Gasteiger partial charge in [0.15, 0.2) is 0 Å². The number of hydrogen-bond acceptors (Lipinski definition) is 5. The Hall–Kier alpha value is -0.880. The molecule has 0 aliphatic rings. The SMILES string of the molecule is CCO[PH](=O)C(OC(C)=O)C(=O)C(F)(F)F. The van der Waals surface area contributed by atoms with Crippen molar-refractivity contribution in [1.29, 1.82) is 0 Å². The lowest BCUT2D eigenvalue weighted by Crippen LogP contribution is -2.35. The molecule has 0 fully saturated rings. The van der Waals surface area contributed by atoms with Gasteiger partial charge in [0.2, 0.25) is 13.9 Å². The fraction of sp³-hybridized carbons (Fsp3) is 0.714. The normalized spacial score (nSPS) is 15.3. The predicted molar refractivity (Wildman–Crippen MR) is 47.2 cm³/mol. The zero-order valence-electron chi connectivity index (χ0n) is 8.46. The number of ketones is 1. The molecule has 0 spiro atoms. The summed E-state index contributed by atoms with van der Waals surface area (Å²) < 4.78 is 55.6. The van der Waals surface area contributed by atoms with Crippen LogP contribution in [0.25, 0.3) is 0 Å². The predicted octanol–water partition coefficient (Wildman–Crippen LogP) is 1.52. The van der Waals surface area contributed by atoms with E-state index < -0.39 is 31.8 Å². The Morgan fingerprint density at radius 1 is 1.38 bits per heavy atom. The first kappa shape index (κ1) is 15.1. The van der Waals surface area contributed by atoms with E-state index in [4.69, 9.17) is 0 Å². The van der Waals surface area contributed by atoms with Gasteiger partial charge < -0.3 is 9.26 Å². The van der Waals surface area contributed by atoms with E-state index in [0.717, 1.165) is 6.92 Å². The van der Waals surface area contributed by atoms with E-state index in [0.29, 0.717) is 0 Å². The Bertz CT molecular complexity index is 301. The van der Waals surface area contributed by atoms with Crippen LogP contribution in [0.1, 0.15) is 13.8 Å². The number of Topliss-reactive ketones (excluding diaryl/α,β-unsaturated/α-hetero) is 1. The van der Waals surface area contributed by atoms with Gasteiger partial charge in [0.1, 0.15) is 0 Å². The second kappa shape index (κ2) is 6.00. The molecule has 2 atom stereocenters. The lowest BCUT2D eigenvalue weighted by Gasteiger charge is -2.16. The lowest BCUT2D eigenvalue weighted by atomic mass is 10.4. The van der Waals surface area contributed by atoms with Crippen LogP contribution in [-0.4, -0.2) is 30.4 Å². The Balaban J connectivity index is 4.87. The third kappa shape index (κ3) is 4.76. The van der Waals surface area contributed by atoms with Gasteiger partial charge in [0.05, 0.1) is 6.61 Å². The van der Waals surface area contributed by atoms with Crippen molar-refractivity contribution in [3.05, 3.63) is 0 Å². The van der Waals surface area contributed by atoms with Crippen molar-refractivity contribution < 1.29 is 36.6 Å². The molecule has 0 saturated carbocycles. The monoisotopic (exact) mass is 262 g/mol. The van der Waals surface area contributed by atoms with E-state index in [1.54, 1.807) is 0 Å². The van der Waals surface area contributed by atoms with E-state index in [1.165, 1.54) is 6.92 Å². The zero-order chi connectivity index (χ0) is 12.9. The van der Waals surface area contributed by atoms with Crippen molar-refractivity contribution >= 4 is 19.8 Å². The highest BCUT2D eigenvalue weighted by Crippen LogP contribution is 2.35. The van der Waals surface area contributed by atoms with Crippen LogP contribution in [-0.2, 0) is 23.4 Å². The van der Waals surface area contributed by atoms with Gasteiger partial charge in [-0.3, -0.25) is 14.2 Å². The number of alkyl halides is 3. The molecule has 0 radical (unpaired) electrons. The summed E-state index contributed by atoms with van der Waals surface area (Å²) in [6.45, 7) is 2.03. The standard InChI is InChI=1S/C7H10F3O5P/c1-3-14-16(13)6(15-4(2)11)5(12)7(8,9)10/h6,16H,3H2,1-2H3. The molecule has 0 aliphatic carbocycles. The van der Waals surface area contributed by atoms with Crippen molar-refractivity contribution in [3.8, 4) is 0 Å². The highest BCUT2D eigenvalue weighted by Gasteiger charge is 2.47. The van der Waals surface area contributed by atoms with E-state index in [1.807, 2.05) is 0 Å². The van der Waals surface area contributed by atoms with E-state index in [2.05, 4.69) is 9.26 Å². The highest BCUT2D eigenvalue weighted by atomic mass is 31.1. The Morgan fingerprint density at radius 2 is 1.88 bits per heavy atom. The van der Waals surface area contributed by atoms with Crippen LogP contribution in [0.3, 0.4) is 0 Å². The summed E-state index contributed by atoms with van der Waals surface area (Å²) in [5, 5.41) is 0. The first-order valence-corrected chi connectivity index (χ1v) is 5.54. The lowest BCUT2D eigenvalue weighted by molar-refractivity contribution is -0.180. The maximum Gasteiger partial charge on any atom is 0.454 e. The summed E-state index contributed by atoms with van der Waals surface area (Å²) in [7, 11) is -3.42. The third-order valence-electron chi connectivity index (χ3n) is 1.30. The minimum atomic E-state index is -5.22. The molecular weight excluding hydrogens is 252 g/mol. The summed E-state index contributed by atoms with van der Waals surface area (Å²) in [4.78, 5) is 21.2. The summed E-state index contributed by atoms with van der Waals surface area (Å²) >= 11 is 0. The molecule has 0 amide bonds. The molecule has 2 unspecified atom stereocenters. The maximum atomic E-state index is 12.0. The average Bonchev–Trinajstić information content (AvgIpc) is 2.11. The summed E-state index contributed by atoms with van der Waals surface area (Å²) in [5.74, 6) is -5.93. The molecule has 0 aromatic rings. The van der Waals surface area contributed by atoms with Crippen LogP contribution in [0.15, 0.2) is 0 Å². The van der Waals surface area contributed by atoms with Gasteiger partial charge in [-0.15, -0.1) is 0 Å². The first-order valence-electron chi connectivity index (χ1n) is 4.15. The second-order valence-corrected chi connectivity index (χ2v) is 4.05. The van der Waals surface area contributed by atoms with Crippen molar-refractivity contribution in [3.63, 3.8) is 0 Å². The molecule has 0 aromatic heterocycles. The Kier molecular flexibility index (Phi) is 5.67. The molecule has 94 valence electrons. The summed E-state index contributed by atoms with van der Waals surface area (Å²) in [6.07, 6.45) is -5.22. The van der Waals surface area contributed by atoms with Crippen LogP contribution in [0.2, 0.25) is 0 Å². The Labute approximate surface area is 89.8 Å². The van der Waals surface area contributed by atoms with E-state index in [9.17, 15) is 27.3 Å². The van der Waals surface area contributed by atoms with E-state index >= 15 is 0 Å². The topological polar surface area (TPSA) is 69.7 Å². The van der Waals surface area contributed by atoms with Gasteiger partial charge in [-0.05, 0) is 6.92 Å². The smallest absolute Gasteiger partial charge is 0.444 e. The molecule has 0 heterocycles. The van der Waals surface area contributed by atoms with Gasteiger partial charge in [-0.2, -0.15) is 13.2 Å². The first-order chi connectivity index (χ1) is 7.20. The van der Waals surface area contributed by atoms with Gasteiger partial charge in [-0.1, -0.05) is 0 Å². The third-order valence-corrected chi connectivity index (χ3v) is 2.68. The maximum absolute atomic E-state index is 12.0. The largest absolute Gasteiger partial charge is 0.454 e. The highest BCUT2D eigenvalue weighted by molar-refractivity contribution is 7.41. The van der Waals surface area contributed by atoms with Crippen molar-refractivity contribution in [2.24, 2.45) is 0 Å². The number of esters is 1. The molecule has 0 rings (SSSR count). The molecule has 0 N–H and O–H groups in total. The van der Waals surface area contributed by atoms with Crippen LogP contribution in [0, 0.1) is 0 Å². The van der Waals surface area contributed by atoms with Crippen LogP contribution in [0.5, 0.6) is 0 Å². The molecule has 16 heavy (non-hydrogen) atoms. The number of ether oxygens (including phenoxy) is 1. The minimum absolute atomic E-state index is 0.152. The molecule has 0 aliphatic heterocycles. The molecule has 0 bridgehead atoms. The average molecular weight is 262 g/mol. The minimum Gasteiger partial charge on any atom is -0.444 e. The molecular formula is C7H10F3O5P. The van der Waals surface area contributed by atoms with Crippen LogP contribution >= 0.6 is 8.03 Å². The number of hydrogen-bond donors (Lipinski definition) is 0. The quantitative estimate of drug-likeness (QED) is 0.555. The van der Waals surface area contributed by atoms with Crippen LogP contribution in [0.4, 0.5) is 13.2 Å². The van der Waals surface area contributed by atoms with Gasteiger partial charge in [0, 0.05) is 6.92 Å².